The van der Waals surface area contributed by atoms with Crippen molar-refractivity contribution in [1.82, 2.24) is 9.97 Å². The number of aromatic amines is 1. The number of rotatable bonds is 2. The van der Waals surface area contributed by atoms with Crippen LogP contribution in [-0.4, -0.2) is 16.2 Å². The molecule has 0 saturated heterocycles. The second-order valence-electron chi connectivity index (χ2n) is 1.91. The van der Waals surface area contributed by atoms with Crippen LogP contribution < -0.4 is 0 Å². The first-order valence-electron chi connectivity index (χ1n) is 2.82. The second-order valence-corrected chi connectivity index (χ2v) is 2.77. The fourth-order valence-corrected chi connectivity index (χ4v) is 1.23. The summed E-state index contributed by atoms with van der Waals surface area (Å²) in [6.07, 6.45) is 3.81. The third kappa shape index (κ3) is 2.23. The van der Waals surface area contributed by atoms with Gasteiger partial charge < -0.3 is 4.98 Å². The van der Waals surface area contributed by atoms with Crippen molar-refractivity contribution in [1.29, 1.82) is 0 Å². The average Bonchev–Trinajstić information content (AvgIpc) is 2.18. The van der Waals surface area contributed by atoms with Crippen molar-refractivity contribution >= 4 is 24.2 Å². The van der Waals surface area contributed by atoms with Crippen molar-refractivity contribution in [2.75, 3.05) is 6.26 Å². The van der Waals surface area contributed by atoms with Crippen molar-refractivity contribution in [2.24, 2.45) is 0 Å². The highest BCUT2D eigenvalue weighted by Gasteiger charge is 1.96. The van der Waals surface area contributed by atoms with E-state index < -0.39 is 0 Å². The third-order valence-corrected chi connectivity index (χ3v) is 1.78. The lowest BCUT2D eigenvalue weighted by molar-refractivity contribution is 1.19. The zero-order valence-corrected chi connectivity index (χ0v) is 7.68. The lowest BCUT2D eigenvalue weighted by Gasteiger charge is -1.90. The van der Waals surface area contributed by atoms with E-state index in [-0.39, 0.29) is 12.4 Å². The predicted molar refractivity (Wildman–Crippen MR) is 47.8 cm³/mol. The van der Waals surface area contributed by atoms with Gasteiger partial charge in [0.1, 0.15) is 0 Å². The van der Waals surface area contributed by atoms with Gasteiger partial charge in [0.15, 0.2) is 0 Å². The topological polar surface area (TPSA) is 28.7 Å². The van der Waals surface area contributed by atoms with E-state index >= 15 is 0 Å². The van der Waals surface area contributed by atoms with Gasteiger partial charge in [0, 0.05) is 11.4 Å². The first kappa shape index (κ1) is 9.85. The minimum absolute atomic E-state index is 0. The maximum absolute atomic E-state index is 4.13. The fraction of sp³-hybridized carbons (Fsp3) is 0.500. The summed E-state index contributed by atoms with van der Waals surface area (Å²) in [6.45, 7) is 2.04. The Morgan fingerprint density at radius 3 is 2.80 bits per heavy atom. The lowest BCUT2D eigenvalue weighted by Crippen LogP contribution is -1.82. The van der Waals surface area contributed by atoms with Crippen molar-refractivity contribution in [3.05, 3.63) is 17.7 Å². The molecule has 0 spiro atoms. The fourth-order valence-electron chi connectivity index (χ4n) is 0.669. The van der Waals surface area contributed by atoms with E-state index in [1.54, 1.807) is 18.1 Å². The number of halogens is 1. The molecule has 1 heterocycles. The highest BCUT2D eigenvalue weighted by molar-refractivity contribution is 7.97. The Kier molecular flexibility index (Phi) is 4.56. The lowest BCUT2D eigenvalue weighted by atomic mass is 10.4. The summed E-state index contributed by atoms with van der Waals surface area (Å²) in [5, 5.41) is 0. The number of hydrogen-bond acceptors (Lipinski definition) is 2. The molecule has 0 atom stereocenters. The monoisotopic (exact) mass is 178 g/mol. The Balaban J connectivity index is 0.000000810. The molecule has 4 heteroatoms. The van der Waals surface area contributed by atoms with Crippen LogP contribution in [0.5, 0.6) is 0 Å². The van der Waals surface area contributed by atoms with Crippen LogP contribution in [0.1, 0.15) is 11.4 Å². The minimum atomic E-state index is 0. The van der Waals surface area contributed by atoms with Crippen LogP contribution >= 0.6 is 24.2 Å². The predicted octanol–water partition coefficient (Wildman–Crippen LogP) is 2.00. The van der Waals surface area contributed by atoms with Gasteiger partial charge in [-0.1, -0.05) is 0 Å². The quantitative estimate of drug-likeness (QED) is 0.751. The summed E-state index contributed by atoms with van der Waals surface area (Å²) in [5.74, 6) is 1.01. The van der Waals surface area contributed by atoms with E-state index in [9.17, 15) is 0 Å². The first-order valence-corrected chi connectivity index (χ1v) is 4.21. The Bertz CT molecular complexity index is 188. The van der Waals surface area contributed by atoms with Gasteiger partial charge in [-0.3, -0.25) is 0 Å². The molecular weight excluding hydrogens is 168 g/mol. The molecule has 0 amide bonds. The SMILES string of the molecule is CSCc1nc[nH]c1C.Cl. The molecule has 1 N–H and O–H groups in total. The van der Waals surface area contributed by atoms with E-state index in [1.165, 1.54) is 11.4 Å². The molecule has 2 nitrogen and oxygen atoms in total. The summed E-state index contributed by atoms with van der Waals surface area (Å²) in [6, 6.07) is 0. The van der Waals surface area contributed by atoms with Crippen molar-refractivity contribution in [3.63, 3.8) is 0 Å². The van der Waals surface area contributed by atoms with Gasteiger partial charge >= 0.3 is 0 Å². The molecule has 0 saturated carbocycles. The molecule has 0 radical (unpaired) electrons. The van der Waals surface area contributed by atoms with Gasteiger partial charge in [-0.05, 0) is 13.2 Å². The number of thioether (sulfide) groups is 1. The summed E-state index contributed by atoms with van der Waals surface area (Å²) in [4.78, 5) is 7.16. The number of nitrogens with zero attached hydrogens (tertiary/aromatic N) is 1. The highest BCUT2D eigenvalue weighted by Crippen LogP contribution is 2.08. The van der Waals surface area contributed by atoms with Gasteiger partial charge in [-0.15, -0.1) is 12.4 Å². The summed E-state index contributed by atoms with van der Waals surface area (Å²) < 4.78 is 0. The van der Waals surface area contributed by atoms with Gasteiger partial charge in [0.25, 0.3) is 0 Å². The van der Waals surface area contributed by atoms with E-state index in [0.29, 0.717) is 0 Å². The number of hydrogen-bond donors (Lipinski definition) is 1. The molecule has 0 aliphatic carbocycles. The van der Waals surface area contributed by atoms with Gasteiger partial charge in [-0.25, -0.2) is 4.98 Å². The Morgan fingerprint density at radius 1 is 1.70 bits per heavy atom. The van der Waals surface area contributed by atoms with Crippen molar-refractivity contribution < 1.29 is 0 Å². The Labute approximate surface area is 71.2 Å². The molecule has 1 aromatic heterocycles. The van der Waals surface area contributed by atoms with E-state index in [1.807, 2.05) is 6.92 Å². The third-order valence-electron chi connectivity index (χ3n) is 1.22. The molecule has 0 aliphatic heterocycles. The molecule has 10 heavy (non-hydrogen) atoms. The van der Waals surface area contributed by atoms with E-state index in [4.69, 9.17) is 0 Å². The number of aromatic nitrogens is 2. The first-order chi connectivity index (χ1) is 4.34. The molecule has 0 aromatic carbocycles. The summed E-state index contributed by atoms with van der Waals surface area (Å²) in [7, 11) is 0. The van der Waals surface area contributed by atoms with E-state index in [2.05, 4.69) is 16.2 Å². The number of nitrogens with one attached hydrogen (secondary N) is 1. The molecule has 1 rings (SSSR count). The summed E-state index contributed by atoms with van der Waals surface area (Å²) in [5.41, 5.74) is 2.35. The number of aryl methyl sites for hydroxylation is 1. The average molecular weight is 179 g/mol. The molecular formula is C6H11ClN2S. The maximum Gasteiger partial charge on any atom is 0.0925 e. The summed E-state index contributed by atoms with van der Waals surface area (Å²) >= 11 is 1.79. The molecule has 0 unspecified atom stereocenters. The second kappa shape index (κ2) is 4.63. The zero-order valence-electron chi connectivity index (χ0n) is 6.05. The normalized spacial score (nSPS) is 9.00. The van der Waals surface area contributed by atoms with Gasteiger partial charge in [0.2, 0.25) is 0 Å². The molecule has 0 bridgehead atoms. The van der Waals surface area contributed by atoms with Crippen LogP contribution in [-0.2, 0) is 5.75 Å². The van der Waals surface area contributed by atoms with Crippen LogP contribution in [0.2, 0.25) is 0 Å². The van der Waals surface area contributed by atoms with Crippen LogP contribution in [0.25, 0.3) is 0 Å². The Morgan fingerprint density at radius 2 is 2.40 bits per heavy atom. The minimum Gasteiger partial charge on any atom is -0.348 e. The highest BCUT2D eigenvalue weighted by atomic mass is 35.5. The maximum atomic E-state index is 4.13. The van der Waals surface area contributed by atoms with Gasteiger partial charge in [0.05, 0.1) is 12.0 Å². The standard InChI is InChI=1S/C6H10N2S.ClH/c1-5-6(3-9-2)8-4-7-5;/h4H,3H2,1-2H3,(H,7,8);1H. The van der Waals surface area contributed by atoms with Crippen LogP contribution in [0, 0.1) is 6.92 Å². The largest absolute Gasteiger partial charge is 0.348 e. The van der Waals surface area contributed by atoms with Crippen LogP contribution in [0.4, 0.5) is 0 Å². The van der Waals surface area contributed by atoms with E-state index in [0.717, 1.165) is 5.75 Å². The molecule has 0 aliphatic rings. The van der Waals surface area contributed by atoms with Crippen molar-refractivity contribution in [3.8, 4) is 0 Å². The Hall–Kier alpha value is -0.150. The van der Waals surface area contributed by atoms with Crippen molar-refractivity contribution in [2.45, 2.75) is 12.7 Å². The smallest absolute Gasteiger partial charge is 0.0925 e. The van der Waals surface area contributed by atoms with Gasteiger partial charge in [-0.2, -0.15) is 11.8 Å². The number of imidazole rings is 1. The molecule has 1 aromatic rings. The van der Waals surface area contributed by atoms with Crippen LogP contribution in [0.15, 0.2) is 6.33 Å². The number of H-pyrrole nitrogens is 1. The molecule has 0 fully saturated rings. The molecule has 58 valence electrons. The zero-order chi connectivity index (χ0) is 6.69. The van der Waals surface area contributed by atoms with Crippen LogP contribution in [0.3, 0.4) is 0 Å².